The molecule has 0 bridgehead atoms. The van der Waals surface area contributed by atoms with Crippen LogP contribution in [0.3, 0.4) is 0 Å². The average molecular weight is 377 g/mol. The highest BCUT2D eigenvalue weighted by Crippen LogP contribution is 2.30. The molecule has 2 aromatic carbocycles. The van der Waals surface area contributed by atoms with Gasteiger partial charge in [0, 0.05) is 4.90 Å². The number of benzene rings is 2. The van der Waals surface area contributed by atoms with Gasteiger partial charge in [0.2, 0.25) is 0 Å². The van der Waals surface area contributed by atoms with Crippen molar-refractivity contribution in [2.24, 2.45) is 0 Å². The van der Waals surface area contributed by atoms with E-state index in [9.17, 15) is 9.18 Å². The fourth-order valence-electron chi connectivity index (χ4n) is 2.11. The fourth-order valence-corrected chi connectivity index (χ4v) is 3.09. The van der Waals surface area contributed by atoms with Crippen molar-refractivity contribution in [2.75, 3.05) is 4.72 Å². The zero-order valence-electron chi connectivity index (χ0n) is 13.0. The van der Waals surface area contributed by atoms with Gasteiger partial charge in [0.15, 0.2) is 0 Å². The molecule has 25 heavy (non-hydrogen) atoms. The third kappa shape index (κ3) is 4.55. The molecule has 1 aromatic heterocycles. The fraction of sp³-hybridized carbons (Fsp3) is 0.0556. The molecule has 2 N–H and O–H groups in total. The van der Waals surface area contributed by atoms with E-state index in [4.69, 9.17) is 16.0 Å². The van der Waals surface area contributed by atoms with Crippen LogP contribution in [0.15, 0.2) is 70.2 Å². The van der Waals surface area contributed by atoms with Crippen molar-refractivity contribution in [1.82, 2.24) is 5.32 Å². The molecule has 0 aliphatic rings. The van der Waals surface area contributed by atoms with Gasteiger partial charge in [-0.1, -0.05) is 23.7 Å². The van der Waals surface area contributed by atoms with Crippen molar-refractivity contribution < 1.29 is 13.6 Å². The van der Waals surface area contributed by atoms with Gasteiger partial charge in [-0.2, -0.15) is 0 Å². The van der Waals surface area contributed by atoms with Crippen LogP contribution >= 0.6 is 23.5 Å². The highest BCUT2D eigenvalue weighted by molar-refractivity contribution is 8.00. The van der Waals surface area contributed by atoms with E-state index in [0.717, 1.165) is 0 Å². The number of carbonyl (C=O) groups is 1. The molecule has 0 aliphatic carbocycles. The molecule has 0 saturated carbocycles. The maximum Gasteiger partial charge on any atom is 0.253 e. The van der Waals surface area contributed by atoms with Gasteiger partial charge in [-0.3, -0.25) is 4.79 Å². The van der Waals surface area contributed by atoms with Crippen molar-refractivity contribution in [3.8, 4) is 0 Å². The quantitative estimate of drug-likeness (QED) is 0.586. The Bertz CT molecular complexity index is 871. The number of rotatable bonds is 6. The van der Waals surface area contributed by atoms with E-state index in [2.05, 4.69) is 10.0 Å². The van der Waals surface area contributed by atoms with Crippen molar-refractivity contribution in [3.63, 3.8) is 0 Å². The Morgan fingerprint density at radius 3 is 2.76 bits per heavy atom. The van der Waals surface area contributed by atoms with Crippen molar-refractivity contribution >= 4 is 35.1 Å². The van der Waals surface area contributed by atoms with Gasteiger partial charge in [-0.05, 0) is 54.4 Å². The van der Waals surface area contributed by atoms with Gasteiger partial charge >= 0.3 is 0 Å². The number of anilines is 1. The third-order valence-corrected chi connectivity index (χ3v) is 4.66. The summed E-state index contributed by atoms with van der Waals surface area (Å²) in [6.07, 6.45) is 1.56. The van der Waals surface area contributed by atoms with Crippen LogP contribution in [-0.2, 0) is 6.54 Å². The first kappa shape index (κ1) is 17.4. The summed E-state index contributed by atoms with van der Waals surface area (Å²) in [5.41, 5.74) is 1.12. The first-order valence-corrected chi connectivity index (χ1v) is 8.60. The van der Waals surface area contributed by atoms with Crippen LogP contribution in [0, 0.1) is 5.82 Å². The van der Waals surface area contributed by atoms with E-state index < -0.39 is 5.82 Å². The average Bonchev–Trinajstić information content (AvgIpc) is 3.13. The second-order valence-corrected chi connectivity index (χ2v) is 6.34. The van der Waals surface area contributed by atoms with Gasteiger partial charge in [0.1, 0.15) is 11.6 Å². The Kier molecular flexibility index (Phi) is 5.63. The minimum absolute atomic E-state index is 0.231. The number of para-hydroxylation sites is 1. The van der Waals surface area contributed by atoms with E-state index in [1.54, 1.807) is 42.7 Å². The monoisotopic (exact) mass is 376 g/mol. The Hall–Kier alpha value is -2.44. The molecule has 1 amide bonds. The molecule has 3 rings (SSSR count). The van der Waals surface area contributed by atoms with Gasteiger partial charge in [-0.25, -0.2) is 4.39 Å². The minimum Gasteiger partial charge on any atom is -0.467 e. The van der Waals surface area contributed by atoms with Crippen LogP contribution in [0.5, 0.6) is 0 Å². The molecule has 0 spiro atoms. The molecule has 0 unspecified atom stereocenters. The van der Waals surface area contributed by atoms with Crippen LogP contribution in [0.2, 0.25) is 5.02 Å². The molecule has 128 valence electrons. The van der Waals surface area contributed by atoms with Crippen LogP contribution in [0.25, 0.3) is 0 Å². The smallest absolute Gasteiger partial charge is 0.253 e. The highest BCUT2D eigenvalue weighted by atomic mass is 35.5. The van der Waals surface area contributed by atoms with Gasteiger partial charge in [0.05, 0.1) is 29.1 Å². The van der Waals surface area contributed by atoms with E-state index >= 15 is 0 Å². The summed E-state index contributed by atoms with van der Waals surface area (Å²) in [5, 5.41) is 3.10. The van der Waals surface area contributed by atoms with Crippen LogP contribution in [-0.4, -0.2) is 5.91 Å². The van der Waals surface area contributed by atoms with Crippen LogP contribution < -0.4 is 10.0 Å². The first-order chi connectivity index (χ1) is 12.1. The molecule has 0 saturated heterocycles. The number of hydrogen-bond acceptors (Lipinski definition) is 4. The lowest BCUT2D eigenvalue weighted by Gasteiger charge is -2.12. The summed E-state index contributed by atoms with van der Waals surface area (Å²) < 4.78 is 21.4. The Labute approximate surface area is 153 Å². The number of nitrogens with one attached hydrogen (secondary N) is 2. The Morgan fingerprint density at radius 1 is 1.16 bits per heavy atom. The molecule has 7 heteroatoms. The number of halogens is 2. The number of carbonyl (C=O) groups excluding carboxylic acids is 1. The van der Waals surface area contributed by atoms with Crippen molar-refractivity contribution in [3.05, 3.63) is 83.0 Å². The van der Waals surface area contributed by atoms with Crippen LogP contribution in [0.4, 0.5) is 10.1 Å². The molecular formula is C18H14ClFN2O2S. The first-order valence-electron chi connectivity index (χ1n) is 7.41. The summed E-state index contributed by atoms with van der Waals surface area (Å²) in [6.45, 7) is 0.303. The SMILES string of the molecule is O=C(NCc1ccco1)c1ccccc1NSc1ccc(F)cc1Cl. The number of hydrogen-bond donors (Lipinski definition) is 2. The Balaban J connectivity index is 1.68. The zero-order chi connectivity index (χ0) is 17.6. The number of furan rings is 1. The molecule has 0 radical (unpaired) electrons. The second-order valence-electron chi connectivity index (χ2n) is 5.09. The molecule has 0 fully saturated rings. The summed E-state index contributed by atoms with van der Waals surface area (Å²) in [5.74, 6) is 0.0450. The van der Waals surface area contributed by atoms with E-state index in [0.29, 0.717) is 33.5 Å². The van der Waals surface area contributed by atoms with Crippen molar-refractivity contribution in [2.45, 2.75) is 11.4 Å². The zero-order valence-corrected chi connectivity index (χ0v) is 14.5. The second kappa shape index (κ2) is 8.09. The van der Waals surface area contributed by atoms with Crippen LogP contribution in [0.1, 0.15) is 16.1 Å². The highest BCUT2D eigenvalue weighted by Gasteiger charge is 2.12. The van der Waals surface area contributed by atoms with E-state index in [-0.39, 0.29) is 5.91 Å². The third-order valence-electron chi connectivity index (χ3n) is 3.34. The lowest BCUT2D eigenvalue weighted by atomic mass is 10.1. The standard InChI is InChI=1S/C18H14ClFN2O2S/c19-15-10-12(20)7-8-17(15)25-22-16-6-2-1-5-14(16)18(23)21-11-13-4-3-9-24-13/h1-10,22H,11H2,(H,21,23). The topological polar surface area (TPSA) is 54.3 Å². The van der Waals surface area contributed by atoms with Crippen molar-refractivity contribution in [1.29, 1.82) is 0 Å². The molecule has 1 heterocycles. The lowest BCUT2D eigenvalue weighted by molar-refractivity contribution is 0.0949. The normalized spacial score (nSPS) is 10.5. The predicted octanol–water partition coefficient (Wildman–Crippen LogP) is 5.12. The number of amides is 1. The summed E-state index contributed by atoms with van der Waals surface area (Å²) in [7, 11) is 0. The summed E-state index contributed by atoms with van der Waals surface area (Å²) >= 11 is 7.22. The Morgan fingerprint density at radius 2 is 2.00 bits per heavy atom. The maximum absolute atomic E-state index is 13.1. The van der Waals surface area contributed by atoms with Gasteiger partial charge in [-0.15, -0.1) is 0 Å². The molecule has 4 nitrogen and oxygen atoms in total. The van der Waals surface area contributed by atoms with Gasteiger partial charge < -0.3 is 14.5 Å². The lowest BCUT2D eigenvalue weighted by Crippen LogP contribution is -2.23. The largest absolute Gasteiger partial charge is 0.467 e. The molecule has 0 aliphatic heterocycles. The minimum atomic E-state index is -0.396. The maximum atomic E-state index is 13.1. The molecular weight excluding hydrogens is 363 g/mol. The molecule has 3 aromatic rings. The van der Waals surface area contributed by atoms with E-state index in [1.807, 2.05) is 6.07 Å². The predicted molar refractivity (Wildman–Crippen MR) is 97.2 cm³/mol. The molecule has 0 atom stereocenters. The summed E-state index contributed by atoms with van der Waals surface area (Å²) in [6, 6.07) is 14.8. The summed E-state index contributed by atoms with van der Waals surface area (Å²) in [4.78, 5) is 13.1. The van der Waals surface area contributed by atoms with Gasteiger partial charge in [0.25, 0.3) is 5.91 Å². The van der Waals surface area contributed by atoms with E-state index in [1.165, 1.54) is 24.1 Å².